The number of hydrogen-bond acceptors (Lipinski definition) is 4. The average molecular weight is 339 g/mol. The third-order valence-electron chi connectivity index (χ3n) is 4.53. The predicted molar refractivity (Wildman–Crippen MR) is 93.3 cm³/mol. The molecule has 7 nitrogen and oxygen atoms in total. The van der Waals surface area contributed by atoms with Crippen molar-refractivity contribution in [3.8, 4) is 11.5 Å². The monoisotopic (exact) mass is 339 g/mol. The maximum atomic E-state index is 12.2. The predicted octanol–water partition coefficient (Wildman–Crippen LogP) is 3.17. The van der Waals surface area contributed by atoms with Gasteiger partial charge in [-0.25, -0.2) is 0 Å². The van der Waals surface area contributed by atoms with E-state index in [0.717, 1.165) is 28.5 Å². The van der Waals surface area contributed by atoms with Gasteiger partial charge in [-0.3, -0.25) is 14.6 Å². The molecular formula is C18H21N5O2. The summed E-state index contributed by atoms with van der Waals surface area (Å²) in [6.07, 6.45) is 2.03. The van der Waals surface area contributed by atoms with E-state index in [4.69, 9.17) is 4.42 Å². The summed E-state index contributed by atoms with van der Waals surface area (Å²) in [6, 6.07) is 5.69. The lowest BCUT2D eigenvalue weighted by Gasteiger charge is -2.25. The fourth-order valence-electron chi connectivity index (χ4n) is 3.36. The summed E-state index contributed by atoms with van der Waals surface area (Å²) in [4.78, 5) is 12.2. The molecular weight excluding hydrogens is 318 g/mol. The second-order valence-corrected chi connectivity index (χ2v) is 7.46. The van der Waals surface area contributed by atoms with Gasteiger partial charge in [0.1, 0.15) is 17.3 Å². The molecule has 25 heavy (non-hydrogen) atoms. The van der Waals surface area contributed by atoms with Crippen LogP contribution in [0.5, 0.6) is 0 Å². The van der Waals surface area contributed by atoms with Crippen molar-refractivity contribution in [1.29, 1.82) is 0 Å². The lowest BCUT2D eigenvalue weighted by Crippen LogP contribution is -2.26. The van der Waals surface area contributed by atoms with Crippen LogP contribution >= 0.6 is 0 Å². The molecule has 1 aliphatic heterocycles. The molecule has 2 N–H and O–H groups in total. The van der Waals surface area contributed by atoms with Gasteiger partial charge < -0.3 is 9.73 Å². The summed E-state index contributed by atoms with van der Waals surface area (Å²) in [6.45, 7) is 6.38. The normalized spacial score (nSPS) is 17.4. The topological polar surface area (TPSA) is 88.7 Å². The van der Waals surface area contributed by atoms with E-state index in [-0.39, 0.29) is 17.2 Å². The lowest BCUT2D eigenvalue weighted by molar-refractivity contribution is -0.116. The molecule has 4 heterocycles. The molecule has 0 radical (unpaired) electrons. The fourth-order valence-corrected chi connectivity index (χ4v) is 3.36. The summed E-state index contributed by atoms with van der Waals surface area (Å²) >= 11 is 0. The number of amides is 1. The molecule has 0 fully saturated rings. The van der Waals surface area contributed by atoms with Gasteiger partial charge in [0.2, 0.25) is 5.91 Å². The molecule has 0 aromatic carbocycles. The van der Waals surface area contributed by atoms with Crippen LogP contribution in [0.15, 0.2) is 28.8 Å². The Morgan fingerprint density at radius 1 is 1.28 bits per heavy atom. The highest BCUT2D eigenvalue weighted by Crippen LogP contribution is 2.43. The SMILES string of the molecule is Cn1nc(C(C)(C)C)c2c1NC(=O)C[C@@H]2c1ccc(-c2ccn[nH]2)o1. The summed E-state index contributed by atoms with van der Waals surface area (Å²) in [7, 11) is 1.86. The van der Waals surface area contributed by atoms with Gasteiger partial charge in [0.15, 0.2) is 5.76 Å². The third-order valence-corrected chi connectivity index (χ3v) is 4.53. The molecule has 0 saturated heterocycles. The highest BCUT2D eigenvalue weighted by molar-refractivity contribution is 5.94. The third kappa shape index (κ3) is 2.56. The largest absolute Gasteiger partial charge is 0.459 e. The van der Waals surface area contributed by atoms with E-state index in [1.165, 1.54) is 0 Å². The zero-order valence-corrected chi connectivity index (χ0v) is 14.8. The van der Waals surface area contributed by atoms with Gasteiger partial charge in [-0.1, -0.05) is 20.8 Å². The Morgan fingerprint density at radius 3 is 2.76 bits per heavy atom. The van der Waals surface area contributed by atoms with Crippen LogP contribution in [0, 0.1) is 0 Å². The summed E-state index contributed by atoms with van der Waals surface area (Å²) in [5.74, 6) is 2.05. The van der Waals surface area contributed by atoms with Gasteiger partial charge in [0, 0.05) is 30.6 Å². The fraction of sp³-hybridized carbons (Fsp3) is 0.389. The van der Waals surface area contributed by atoms with E-state index in [1.54, 1.807) is 10.9 Å². The molecule has 0 spiro atoms. The minimum atomic E-state index is -0.150. The quantitative estimate of drug-likeness (QED) is 0.750. The van der Waals surface area contributed by atoms with E-state index >= 15 is 0 Å². The smallest absolute Gasteiger partial charge is 0.226 e. The molecule has 0 aliphatic carbocycles. The second-order valence-electron chi connectivity index (χ2n) is 7.46. The molecule has 1 amide bonds. The maximum Gasteiger partial charge on any atom is 0.226 e. The van der Waals surface area contributed by atoms with Crippen molar-refractivity contribution in [2.24, 2.45) is 7.05 Å². The number of rotatable bonds is 2. The number of anilines is 1. The highest BCUT2D eigenvalue weighted by Gasteiger charge is 2.37. The minimum Gasteiger partial charge on any atom is -0.459 e. The van der Waals surface area contributed by atoms with Gasteiger partial charge in [-0.15, -0.1) is 0 Å². The number of aryl methyl sites for hydroxylation is 1. The van der Waals surface area contributed by atoms with E-state index in [9.17, 15) is 4.79 Å². The Hall–Kier alpha value is -2.83. The molecule has 0 bridgehead atoms. The first-order valence-corrected chi connectivity index (χ1v) is 8.31. The van der Waals surface area contributed by atoms with Gasteiger partial charge >= 0.3 is 0 Å². The molecule has 7 heteroatoms. The van der Waals surface area contributed by atoms with Gasteiger partial charge in [-0.05, 0) is 18.2 Å². The summed E-state index contributed by atoms with van der Waals surface area (Å²) in [5, 5.41) is 14.5. The molecule has 1 atom stereocenters. The van der Waals surface area contributed by atoms with Crippen LogP contribution in [-0.2, 0) is 17.3 Å². The molecule has 4 rings (SSSR count). The Balaban J connectivity index is 1.83. The summed E-state index contributed by atoms with van der Waals surface area (Å²) in [5.41, 5.74) is 2.70. The van der Waals surface area contributed by atoms with Crippen molar-refractivity contribution in [1.82, 2.24) is 20.0 Å². The molecule has 130 valence electrons. The Labute approximate surface area is 145 Å². The number of carbonyl (C=O) groups is 1. The zero-order valence-electron chi connectivity index (χ0n) is 14.8. The van der Waals surface area contributed by atoms with Crippen LogP contribution in [0.1, 0.15) is 50.1 Å². The molecule has 0 saturated carbocycles. The highest BCUT2D eigenvalue weighted by atomic mass is 16.3. The zero-order chi connectivity index (χ0) is 17.8. The number of carbonyl (C=O) groups excluding carboxylic acids is 1. The number of aromatic amines is 1. The van der Waals surface area contributed by atoms with E-state index in [0.29, 0.717) is 12.2 Å². The van der Waals surface area contributed by atoms with Crippen molar-refractivity contribution in [3.63, 3.8) is 0 Å². The Kier molecular flexibility index (Phi) is 3.35. The number of fused-ring (bicyclic) bond motifs is 1. The first kappa shape index (κ1) is 15.7. The Bertz CT molecular complexity index is 927. The molecule has 3 aromatic rings. The van der Waals surface area contributed by atoms with E-state index in [1.807, 2.05) is 25.2 Å². The van der Waals surface area contributed by atoms with Crippen LogP contribution in [0.25, 0.3) is 11.5 Å². The van der Waals surface area contributed by atoms with E-state index < -0.39 is 0 Å². The van der Waals surface area contributed by atoms with Crippen molar-refractivity contribution < 1.29 is 9.21 Å². The lowest BCUT2D eigenvalue weighted by atomic mass is 9.81. The number of hydrogen-bond donors (Lipinski definition) is 2. The standard InChI is InChI=1S/C18H21N5O2/c1-18(2,3)16-15-10(9-14(24)20-17(15)23(4)22-16)12-5-6-13(25-12)11-7-8-19-21-11/h5-8,10H,9H2,1-4H3,(H,19,21)(H,20,24)/t10-/m1/s1. The van der Waals surface area contributed by atoms with Crippen molar-refractivity contribution in [2.45, 2.75) is 38.5 Å². The number of furan rings is 1. The van der Waals surface area contributed by atoms with Gasteiger partial charge in [0.05, 0.1) is 11.6 Å². The number of aromatic nitrogens is 4. The van der Waals surface area contributed by atoms with E-state index in [2.05, 4.69) is 41.4 Å². The van der Waals surface area contributed by atoms with Crippen molar-refractivity contribution in [3.05, 3.63) is 41.4 Å². The average Bonchev–Trinajstić information content (AvgIpc) is 3.25. The number of nitrogens with zero attached hydrogens (tertiary/aromatic N) is 3. The van der Waals surface area contributed by atoms with Gasteiger partial charge in [0.25, 0.3) is 0 Å². The minimum absolute atomic E-state index is 0.0274. The molecule has 3 aromatic heterocycles. The molecule has 1 aliphatic rings. The van der Waals surface area contributed by atoms with Gasteiger partial charge in [-0.2, -0.15) is 10.2 Å². The van der Waals surface area contributed by atoms with Crippen LogP contribution < -0.4 is 5.32 Å². The van der Waals surface area contributed by atoms with Crippen molar-refractivity contribution >= 4 is 11.7 Å². The van der Waals surface area contributed by atoms with Crippen LogP contribution in [-0.4, -0.2) is 25.9 Å². The van der Waals surface area contributed by atoms with Crippen LogP contribution in [0.3, 0.4) is 0 Å². The van der Waals surface area contributed by atoms with Crippen LogP contribution in [0.4, 0.5) is 5.82 Å². The maximum absolute atomic E-state index is 12.2. The second kappa shape index (κ2) is 5.34. The number of nitrogens with one attached hydrogen (secondary N) is 2. The molecule has 0 unspecified atom stereocenters. The van der Waals surface area contributed by atoms with Crippen molar-refractivity contribution in [2.75, 3.05) is 5.32 Å². The summed E-state index contributed by atoms with van der Waals surface area (Å²) < 4.78 is 7.81. The first-order valence-electron chi connectivity index (χ1n) is 8.31. The first-order chi connectivity index (χ1) is 11.8. The number of H-pyrrole nitrogens is 1. The Morgan fingerprint density at radius 2 is 2.08 bits per heavy atom. The van der Waals surface area contributed by atoms with Crippen LogP contribution in [0.2, 0.25) is 0 Å².